The third-order valence-electron chi connectivity index (χ3n) is 3.62. The zero-order valence-corrected chi connectivity index (χ0v) is 10.5. The Morgan fingerprint density at radius 1 is 1.28 bits per heavy atom. The van der Waals surface area contributed by atoms with Gasteiger partial charge in [0, 0.05) is 19.6 Å². The van der Waals surface area contributed by atoms with Crippen molar-refractivity contribution >= 4 is 5.97 Å². The van der Waals surface area contributed by atoms with E-state index in [0.29, 0.717) is 6.54 Å². The molecule has 0 spiro atoms. The summed E-state index contributed by atoms with van der Waals surface area (Å²) in [4.78, 5) is 13.2. The van der Waals surface area contributed by atoms with Crippen LogP contribution in [-0.2, 0) is 17.9 Å². The Bertz CT molecular complexity index is 416. The number of rotatable bonds is 4. The van der Waals surface area contributed by atoms with E-state index in [0.717, 1.165) is 24.2 Å². The number of benzene rings is 1. The molecule has 0 radical (unpaired) electrons. The molecular formula is C14H19NO3. The van der Waals surface area contributed by atoms with Crippen molar-refractivity contribution in [2.45, 2.75) is 20.1 Å². The number of aliphatic hydroxyl groups is 1. The number of carboxylic acid groups (broad SMARTS) is 1. The number of aliphatic hydroxyl groups excluding tert-OH is 1. The van der Waals surface area contributed by atoms with Crippen molar-refractivity contribution in [3.8, 4) is 0 Å². The lowest BCUT2D eigenvalue weighted by Gasteiger charge is -2.15. The second-order valence-corrected chi connectivity index (χ2v) is 5.09. The first kappa shape index (κ1) is 13.1. The second kappa shape index (κ2) is 5.50. The van der Waals surface area contributed by atoms with Gasteiger partial charge in [-0.15, -0.1) is 0 Å². The Hall–Kier alpha value is -1.39. The van der Waals surface area contributed by atoms with Gasteiger partial charge in [0.2, 0.25) is 0 Å². The van der Waals surface area contributed by atoms with E-state index < -0.39 is 5.97 Å². The van der Waals surface area contributed by atoms with E-state index in [4.69, 9.17) is 10.2 Å². The van der Waals surface area contributed by atoms with Gasteiger partial charge in [-0.25, -0.2) is 0 Å². The van der Waals surface area contributed by atoms with Crippen LogP contribution in [0.5, 0.6) is 0 Å². The molecule has 18 heavy (non-hydrogen) atoms. The molecular weight excluding hydrogens is 230 g/mol. The van der Waals surface area contributed by atoms with E-state index in [9.17, 15) is 4.79 Å². The Labute approximate surface area is 107 Å². The summed E-state index contributed by atoms with van der Waals surface area (Å²) in [6, 6.07) is 7.79. The van der Waals surface area contributed by atoms with E-state index >= 15 is 0 Å². The first-order valence-electron chi connectivity index (χ1n) is 6.24. The summed E-state index contributed by atoms with van der Waals surface area (Å²) in [6.07, 6.45) is 0. The molecule has 98 valence electrons. The summed E-state index contributed by atoms with van der Waals surface area (Å²) in [5, 5.41) is 18.0. The normalized spacial score (nSPS) is 24.3. The molecule has 1 aromatic rings. The summed E-state index contributed by atoms with van der Waals surface area (Å²) in [5.74, 6) is -0.735. The monoisotopic (exact) mass is 249 g/mol. The highest BCUT2D eigenvalue weighted by atomic mass is 16.4. The molecule has 0 aliphatic carbocycles. The maximum Gasteiger partial charge on any atom is 0.308 e. The minimum Gasteiger partial charge on any atom is -0.481 e. The van der Waals surface area contributed by atoms with Crippen molar-refractivity contribution in [1.82, 2.24) is 4.90 Å². The van der Waals surface area contributed by atoms with Crippen LogP contribution in [-0.4, -0.2) is 34.2 Å². The smallest absolute Gasteiger partial charge is 0.308 e. The molecule has 0 amide bonds. The van der Waals surface area contributed by atoms with E-state index in [-0.39, 0.29) is 18.4 Å². The second-order valence-electron chi connectivity index (χ2n) is 5.09. The number of carboxylic acids is 1. The van der Waals surface area contributed by atoms with Gasteiger partial charge >= 0.3 is 5.97 Å². The lowest BCUT2D eigenvalue weighted by atomic mass is 9.99. The van der Waals surface area contributed by atoms with Crippen LogP contribution in [0.1, 0.15) is 18.1 Å². The molecule has 0 saturated carbocycles. The van der Waals surface area contributed by atoms with Gasteiger partial charge in [-0.2, -0.15) is 0 Å². The maximum atomic E-state index is 11.0. The Morgan fingerprint density at radius 2 is 1.89 bits per heavy atom. The Kier molecular flexibility index (Phi) is 3.99. The standard InChI is InChI=1S/C14H19NO3/c1-10-6-15(8-13(10)14(17)18)7-11-2-4-12(9-16)5-3-11/h2-5,10,13,16H,6-9H2,1H3,(H,17,18)/t10-,13-/m1/s1. The average Bonchev–Trinajstić information content (AvgIpc) is 2.71. The number of nitrogens with zero attached hydrogens (tertiary/aromatic N) is 1. The van der Waals surface area contributed by atoms with E-state index in [1.807, 2.05) is 31.2 Å². The Balaban J connectivity index is 1.96. The number of aliphatic carboxylic acids is 1. The quantitative estimate of drug-likeness (QED) is 0.845. The molecule has 0 unspecified atom stereocenters. The van der Waals surface area contributed by atoms with E-state index in [1.165, 1.54) is 0 Å². The van der Waals surface area contributed by atoms with Crippen molar-refractivity contribution in [2.75, 3.05) is 13.1 Å². The molecule has 1 saturated heterocycles. The maximum absolute atomic E-state index is 11.0. The van der Waals surface area contributed by atoms with Gasteiger partial charge in [-0.05, 0) is 17.0 Å². The fourth-order valence-electron chi connectivity index (χ4n) is 2.53. The fraction of sp³-hybridized carbons (Fsp3) is 0.500. The van der Waals surface area contributed by atoms with Crippen molar-refractivity contribution < 1.29 is 15.0 Å². The molecule has 2 rings (SSSR count). The molecule has 4 nitrogen and oxygen atoms in total. The van der Waals surface area contributed by atoms with Crippen LogP contribution in [0.2, 0.25) is 0 Å². The van der Waals surface area contributed by atoms with Crippen LogP contribution >= 0.6 is 0 Å². The number of hydrogen-bond donors (Lipinski definition) is 2. The highest BCUT2D eigenvalue weighted by Gasteiger charge is 2.34. The molecule has 1 aromatic carbocycles. The fourth-order valence-corrected chi connectivity index (χ4v) is 2.53. The molecule has 1 aliphatic heterocycles. The van der Waals surface area contributed by atoms with Crippen molar-refractivity contribution in [1.29, 1.82) is 0 Å². The number of likely N-dealkylation sites (tertiary alicyclic amines) is 1. The van der Waals surface area contributed by atoms with Gasteiger partial charge in [-0.3, -0.25) is 9.69 Å². The molecule has 0 aromatic heterocycles. The summed E-state index contributed by atoms with van der Waals surface area (Å²) in [7, 11) is 0. The Morgan fingerprint density at radius 3 is 2.39 bits per heavy atom. The van der Waals surface area contributed by atoms with Crippen molar-refractivity contribution in [3.63, 3.8) is 0 Å². The zero-order chi connectivity index (χ0) is 13.1. The summed E-state index contributed by atoms with van der Waals surface area (Å²) < 4.78 is 0. The summed E-state index contributed by atoms with van der Waals surface area (Å²) in [6.45, 7) is 4.28. The van der Waals surface area contributed by atoms with Crippen molar-refractivity contribution in [3.05, 3.63) is 35.4 Å². The topological polar surface area (TPSA) is 60.8 Å². The van der Waals surface area contributed by atoms with Crippen LogP contribution in [0.25, 0.3) is 0 Å². The summed E-state index contributed by atoms with van der Waals surface area (Å²) in [5.41, 5.74) is 2.06. The van der Waals surface area contributed by atoms with Gasteiger partial charge in [0.05, 0.1) is 12.5 Å². The van der Waals surface area contributed by atoms with Crippen LogP contribution in [0, 0.1) is 11.8 Å². The molecule has 2 N–H and O–H groups in total. The van der Waals surface area contributed by atoms with Gasteiger partial charge in [-0.1, -0.05) is 31.2 Å². The third kappa shape index (κ3) is 2.89. The molecule has 1 aliphatic rings. The van der Waals surface area contributed by atoms with Crippen LogP contribution in [0.15, 0.2) is 24.3 Å². The van der Waals surface area contributed by atoms with E-state index in [2.05, 4.69) is 4.90 Å². The lowest BCUT2D eigenvalue weighted by molar-refractivity contribution is -0.142. The minimum atomic E-state index is -0.694. The van der Waals surface area contributed by atoms with E-state index in [1.54, 1.807) is 0 Å². The molecule has 2 atom stereocenters. The van der Waals surface area contributed by atoms with Crippen LogP contribution in [0.4, 0.5) is 0 Å². The van der Waals surface area contributed by atoms with Gasteiger partial charge in [0.1, 0.15) is 0 Å². The minimum absolute atomic E-state index is 0.0577. The average molecular weight is 249 g/mol. The van der Waals surface area contributed by atoms with Crippen LogP contribution in [0.3, 0.4) is 0 Å². The molecule has 4 heteroatoms. The first-order valence-corrected chi connectivity index (χ1v) is 6.24. The third-order valence-corrected chi connectivity index (χ3v) is 3.62. The number of carbonyl (C=O) groups is 1. The number of hydrogen-bond acceptors (Lipinski definition) is 3. The SMILES string of the molecule is C[C@@H]1CN(Cc2ccc(CO)cc2)C[C@H]1C(=O)O. The highest BCUT2D eigenvalue weighted by molar-refractivity contribution is 5.71. The van der Waals surface area contributed by atoms with Crippen LogP contribution < -0.4 is 0 Å². The highest BCUT2D eigenvalue weighted by Crippen LogP contribution is 2.24. The summed E-state index contributed by atoms with van der Waals surface area (Å²) >= 11 is 0. The van der Waals surface area contributed by atoms with Gasteiger partial charge < -0.3 is 10.2 Å². The first-order chi connectivity index (χ1) is 8.60. The predicted octanol–water partition coefficient (Wildman–Crippen LogP) is 1.33. The van der Waals surface area contributed by atoms with Crippen molar-refractivity contribution in [2.24, 2.45) is 11.8 Å². The van der Waals surface area contributed by atoms with Gasteiger partial charge in [0.25, 0.3) is 0 Å². The molecule has 1 fully saturated rings. The molecule has 0 bridgehead atoms. The predicted molar refractivity (Wildman–Crippen MR) is 67.9 cm³/mol. The zero-order valence-electron chi connectivity index (χ0n) is 10.5. The van der Waals surface area contributed by atoms with Gasteiger partial charge in [0.15, 0.2) is 0 Å². The molecule has 1 heterocycles. The lowest BCUT2D eigenvalue weighted by Crippen LogP contribution is -2.23. The largest absolute Gasteiger partial charge is 0.481 e.